The highest BCUT2D eigenvalue weighted by atomic mass is 35.5. The number of sulfone groups is 1. The van der Waals surface area contributed by atoms with E-state index in [0.29, 0.717) is 5.02 Å². The number of hydrogen-bond donors (Lipinski definition) is 2. The van der Waals surface area contributed by atoms with Gasteiger partial charge in [0.15, 0.2) is 9.84 Å². The molecule has 6 heteroatoms. The monoisotopic (exact) mass is 263 g/mol. The van der Waals surface area contributed by atoms with Crippen LogP contribution < -0.4 is 5.32 Å². The Bertz CT molecular complexity index is 447. The van der Waals surface area contributed by atoms with Gasteiger partial charge in [-0.15, -0.1) is 0 Å². The second-order valence-corrected chi connectivity index (χ2v) is 5.92. The van der Waals surface area contributed by atoms with E-state index in [2.05, 4.69) is 5.32 Å². The molecule has 0 saturated carbocycles. The molecule has 1 unspecified atom stereocenters. The molecule has 0 aliphatic carbocycles. The summed E-state index contributed by atoms with van der Waals surface area (Å²) >= 11 is 5.71. The standard InChI is InChI=1S/C10H14ClNO3S/c1-12-6-9(13)7-16(14,15)10-4-2-3-8(11)5-10/h2-5,9,12-13H,6-7H2,1H3. The van der Waals surface area contributed by atoms with Crippen LogP contribution in [0.25, 0.3) is 0 Å². The summed E-state index contributed by atoms with van der Waals surface area (Å²) in [4.78, 5) is 0.134. The zero-order chi connectivity index (χ0) is 12.2. The average molecular weight is 264 g/mol. The van der Waals surface area contributed by atoms with Crippen molar-refractivity contribution in [3.05, 3.63) is 29.3 Å². The predicted octanol–water partition coefficient (Wildman–Crippen LogP) is 0.694. The quantitative estimate of drug-likeness (QED) is 0.821. The maximum atomic E-state index is 11.8. The predicted molar refractivity (Wildman–Crippen MR) is 63.4 cm³/mol. The van der Waals surface area contributed by atoms with Crippen molar-refractivity contribution in [3.8, 4) is 0 Å². The van der Waals surface area contributed by atoms with Gasteiger partial charge in [0.1, 0.15) is 0 Å². The van der Waals surface area contributed by atoms with Crippen LogP contribution in [-0.4, -0.2) is 39.0 Å². The lowest BCUT2D eigenvalue weighted by molar-refractivity contribution is 0.197. The molecule has 0 spiro atoms. The third kappa shape index (κ3) is 3.75. The fourth-order valence-electron chi connectivity index (χ4n) is 1.30. The topological polar surface area (TPSA) is 66.4 Å². The number of aliphatic hydroxyl groups is 1. The van der Waals surface area contributed by atoms with Crippen molar-refractivity contribution in [3.63, 3.8) is 0 Å². The molecule has 1 rings (SSSR count). The fourth-order valence-corrected chi connectivity index (χ4v) is 2.97. The van der Waals surface area contributed by atoms with Crippen LogP contribution in [0.2, 0.25) is 5.02 Å². The molecular weight excluding hydrogens is 250 g/mol. The number of hydrogen-bond acceptors (Lipinski definition) is 4. The highest BCUT2D eigenvalue weighted by Crippen LogP contribution is 2.17. The van der Waals surface area contributed by atoms with E-state index in [4.69, 9.17) is 11.6 Å². The van der Waals surface area contributed by atoms with Crippen LogP contribution in [0.4, 0.5) is 0 Å². The van der Waals surface area contributed by atoms with E-state index in [0.717, 1.165) is 0 Å². The van der Waals surface area contributed by atoms with E-state index < -0.39 is 15.9 Å². The molecular formula is C10H14ClNO3S. The van der Waals surface area contributed by atoms with E-state index in [1.165, 1.54) is 12.1 Å². The number of benzene rings is 1. The van der Waals surface area contributed by atoms with Crippen LogP contribution in [0.5, 0.6) is 0 Å². The largest absolute Gasteiger partial charge is 0.391 e. The van der Waals surface area contributed by atoms with Crippen molar-refractivity contribution in [1.82, 2.24) is 5.32 Å². The van der Waals surface area contributed by atoms with Crippen LogP contribution in [-0.2, 0) is 9.84 Å². The zero-order valence-electron chi connectivity index (χ0n) is 8.85. The molecule has 0 radical (unpaired) electrons. The van der Waals surface area contributed by atoms with Gasteiger partial charge in [0.05, 0.1) is 16.8 Å². The van der Waals surface area contributed by atoms with Gasteiger partial charge in [-0.2, -0.15) is 0 Å². The van der Waals surface area contributed by atoms with E-state index >= 15 is 0 Å². The SMILES string of the molecule is CNCC(O)CS(=O)(=O)c1cccc(Cl)c1. The van der Waals surface area contributed by atoms with Gasteiger partial charge in [0.2, 0.25) is 0 Å². The Labute approximate surface area is 100 Å². The Hall–Kier alpha value is -0.620. The summed E-state index contributed by atoms with van der Waals surface area (Å²) in [6.45, 7) is 0.236. The maximum Gasteiger partial charge on any atom is 0.181 e. The summed E-state index contributed by atoms with van der Waals surface area (Å²) in [5.41, 5.74) is 0. The van der Waals surface area contributed by atoms with E-state index in [9.17, 15) is 13.5 Å². The van der Waals surface area contributed by atoms with Crippen LogP contribution in [0, 0.1) is 0 Å². The molecule has 4 nitrogen and oxygen atoms in total. The second-order valence-electron chi connectivity index (χ2n) is 3.45. The van der Waals surface area contributed by atoms with Crippen molar-refractivity contribution < 1.29 is 13.5 Å². The molecule has 0 bridgehead atoms. The van der Waals surface area contributed by atoms with Crippen LogP contribution >= 0.6 is 11.6 Å². The molecule has 0 aliphatic heterocycles. The minimum Gasteiger partial charge on any atom is -0.391 e. The first-order valence-corrected chi connectivity index (χ1v) is 6.79. The van der Waals surface area contributed by atoms with Gasteiger partial charge in [-0.25, -0.2) is 8.42 Å². The Morgan fingerprint density at radius 3 is 2.75 bits per heavy atom. The summed E-state index contributed by atoms with van der Waals surface area (Å²) < 4.78 is 23.6. The molecule has 16 heavy (non-hydrogen) atoms. The lowest BCUT2D eigenvalue weighted by Crippen LogP contribution is -2.30. The summed E-state index contributed by atoms with van der Waals surface area (Å²) in [5, 5.41) is 12.5. The maximum absolute atomic E-state index is 11.8. The first-order chi connectivity index (χ1) is 7.45. The van der Waals surface area contributed by atoms with Crippen LogP contribution in [0.15, 0.2) is 29.2 Å². The molecule has 1 aromatic carbocycles. The van der Waals surface area contributed by atoms with Gasteiger partial charge in [-0.3, -0.25) is 0 Å². The second kappa shape index (κ2) is 5.63. The molecule has 1 aromatic rings. The molecule has 90 valence electrons. The molecule has 0 heterocycles. The van der Waals surface area contributed by atoms with Crippen molar-refractivity contribution in [2.45, 2.75) is 11.0 Å². The van der Waals surface area contributed by atoms with Gasteiger partial charge in [-0.05, 0) is 25.2 Å². The summed E-state index contributed by atoms with van der Waals surface area (Å²) in [6.07, 6.45) is -0.922. The van der Waals surface area contributed by atoms with Crippen molar-refractivity contribution in [2.24, 2.45) is 0 Å². The highest BCUT2D eigenvalue weighted by Gasteiger charge is 2.19. The molecule has 0 amide bonds. The lowest BCUT2D eigenvalue weighted by Gasteiger charge is -2.10. The third-order valence-corrected chi connectivity index (χ3v) is 4.04. The molecule has 0 saturated heterocycles. The average Bonchev–Trinajstić information content (AvgIpc) is 2.17. The smallest absolute Gasteiger partial charge is 0.181 e. The first kappa shape index (κ1) is 13.4. The molecule has 0 aliphatic rings. The van der Waals surface area contributed by atoms with Gasteiger partial charge in [0, 0.05) is 11.6 Å². The number of halogens is 1. The summed E-state index contributed by atoms with van der Waals surface area (Å²) in [7, 11) is -1.83. The molecule has 0 fully saturated rings. The van der Waals surface area contributed by atoms with Crippen molar-refractivity contribution in [1.29, 1.82) is 0 Å². The van der Waals surface area contributed by atoms with E-state index in [-0.39, 0.29) is 17.2 Å². The Morgan fingerprint density at radius 1 is 1.50 bits per heavy atom. The number of nitrogens with one attached hydrogen (secondary N) is 1. The summed E-state index contributed by atoms with van der Waals surface area (Å²) in [6, 6.07) is 6.01. The number of aliphatic hydroxyl groups excluding tert-OH is 1. The number of likely N-dealkylation sites (N-methyl/N-ethyl adjacent to an activating group) is 1. The Balaban J connectivity index is 2.86. The molecule has 0 aromatic heterocycles. The minimum absolute atomic E-state index is 0.134. The van der Waals surface area contributed by atoms with Gasteiger partial charge < -0.3 is 10.4 Å². The normalized spacial score (nSPS) is 13.7. The van der Waals surface area contributed by atoms with Crippen molar-refractivity contribution >= 4 is 21.4 Å². The summed E-state index contributed by atoms with van der Waals surface area (Å²) in [5.74, 6) is -0.311. The highest BCUT2D eigenvalue weighted by molar-refractivity contribution is 7.91. The minimum atomic E-state index is -3.48. The third-order valence-electron chi connectivity index (χ3n) is 2.01. The Morgan fingerprint density at radius 2 is 2.19 bits per heavy atom. The fraction of sp³-hybridized carbons (Fsp3) is 0.400. The van der Waals surface area contributed by atoms with E-state index in [1.54, 1.807) is 19.2 Å². The van der Waals surface area contributed by atoms with Gasteiger partial charge >= 0.3 is 0 Å². The molecule has 1 atom stereocenters. The van der Waals surface area contributed by atoms with Crippen LogP contribution in [0.1, 0.15) is 0 Å². The van der Waals surface area contributed by atoms with Gasteiger partial charge in [-0.1, -0.05) is 17.7 Å². The first-order valence-electron chi connectivity index (χ1n) is 4.76. The Kier molecular flexibility index (Phi) is 4.73. The zero-order valence-corrected chi connectivity index (χ0v) is 10.4. The molecule has 2 N–H and O–H groups in total. The van der Waals surface area contributed by atoms with E-state index in [1.807, 2.05) is 0 Å². The van der Waals surface area contributed by atoms with Crippen molar-refractivity contribution in [2.75, 3.05) is 19.3 Å². The number of rotatable bonds is 5. The lowest BCUT2D eigenvalue weighted by atomic mass is 10.4. The van der Waals surface area contributed by atoms with Gasteiger partial charge in [0.25, 0.3) is 0 Å². The van der Waals surface area contributed by atoms with Crippen LogP contribution in [0.3, 0.4) is 0 Å².